The fourth-order valence-corrected chi connectivity index (χ4v) is 3.28. The smallest absolute Gasteiger partial charge is 0.312 e. The molecule has 5 nitrogen and oxygen atoms in total. The first-order chi connectivity index (χ1) is 13.1. The van der Waals surface area contributed by atoms with Crippen LogP contribution in [0.3, 0.4) is 0 Å². The lowest BCUT2D eigenvalue weighted by Gasteiger charge is -2.06. The van der Waals surface area contributed by atoms with E-state index in [1.54, 1.807) is 24.3 Å². The molecule has 0 aliphatic rings. The van der Waals surface area contributed by atoms with Crippen LogP contribution in [0.15, 0.2) is 83.8 Å². The predicted octanol–water partition coefficient (Wildman–Crippen LogP) is 5.35. The second-order valence-electron chi connectivity index (χ2n) is 5.71. The Morgan fingerprint density at radius 1 is 0.889 bits per heavy atom. The summed E-state index contributed by atoms with van der Waals surface area (Å²) in [5.74, 6) is 0.746. The van der Waals surface area contributed by atoms with E-state index in [2.05, 4.69) is 0 Å². The second-order valence-corrected chi connectivity index (χ2v) is 6.88. The molecular formula is C21H17NO4S. The van der Waals surface area contributed by atoms with Crippen LogP contribution in [0.25, 0.3) is 11.1 Å². The Bertz CT molecular complexity index is 909. The lowest BCUT2D eigenvalue weighted by atomic mass is 10.1. The van der Waals surface area contributed by atoms with Gasteiger partial charge < -0.3 is 4.74 Å². The van der Waals surface area contributed by atoms with Crippen molar-refractivity contribution >= 4 is 23.4 Å². The quantitative estimate of drug-likeness (QED) is 0.182. The predicted molar refractivity (Wildman–Crippen MR) is 106 cm³/mol. The molecule has 27 heavy (non-hydrogen) atoms. The second kappa shape index (κ2) is 9.00. The molecule has 0 N–H and O–H groups in total. The van der Waals surface area contributed by atoms with Gasteiger partial charge >= 0.3 is 5.97 Å². The van der Waals surface area contributed by atoms with Gasteiger partial charge in [-0.1, -0.05) is 42.5 Å². The summed E-state index contributed by atoms with van der Waals surface area (Å²) in [6, 6.07) is 23.6. The topological polar surface area (TPSA) is 69.4 Å². The number of hydrogen-bond donors (Lipinski definition) is 0. The van der Waals surface area contributed by atoms with Crippen molar-refractivity contribution in [2.75, 3.05) is 5.75 Å². The van der Waals surface area contributed by atoms with Crippen LogP contribution in [-0.4, -0.2) is 16.6 Å². The summed E-state index contributed by atoms with van der Waals surface area (Å²) in [6.45, 7) is 0. The van der Waals surface area contributed by atoms with Gasteiger partial charge in [-0.05, 0) is 35.4 Å². The number of carbonyl (C=O) groups excluding carboxylic acids is 1. The molecule has 0 radical (unpaired) electrons. The van der Waals surface area contributed by atoms with E-state index in [0.717, 1.165) is 16.0 Å². The van der Waals surface area contributed by atoms with Crippen LogP contribution < -0.4 is 4.74 Å². The van der Waals surface area contributed by atoms with Gasteiger partial charge in [0.1, 0.15) is 5.75 Å². The molecule has 0 unspecified atom stereocenters. The number of nitro benzene ring substituents is 1. The molecule has 0 aliphatic carbocycles. The number of nitro groups is 1. The minimum absolute atomic E-state index is 0.0534. The standard InChI is InChI=1S/C21H17NO4S/c23-21(14-15-27-20-12-8-18(9-13-20)22(24)25)26-19-10-6-17(7-11-19)16-4-2-1-3-5-16/h1-13H,14-15H2. The van der Waals surface area contributed by atoms with Crippen LogP contribution in [-0.2, 0) is 4.79 Å². The van der Waals surface area contributed by atoms with Gasteiger partial charge in [0, 0.05) is 22.8 Å². The normalized spacial score (nSPS) is 10.4. The zero-order valence-corrected chi connectivity index (χ0v) is 15.2. The number of hydrogen-bond acceptors (Lipinski definition) is 5. The summed E-state index contributed by atoms with van der Waals surface area (Å²) in [5.41, 5.74) is 2.22. The largest absolute Gasteiger partial charge is 0.427 e. The number of benzene rings is 3. The van der Waals surface area contributed by atoms with Crippen LogP contribution in [0.4, 0.5) is 5.69 Å². The Morgan fingerprint density at radius 3 is 2.15 bits per heavy atom. The highest BCUT2D eigenvalue weighted by molar-refractivity contribution is 7.99. The molecule has 0 heterocycles. The van der Waals surface area contributed by atoms with E-state index in [9.17, 15) is 14.9 Å². The van der Waals surface area contributed by atoms with E-state index in [-0.39, 0.29) is 18.1 Å². The summed E-state index contributed by atoms with van der Waals surface area (Å²) in [4.78, 5) is 23.0. The average molecular weight is 379 g/mol. The number of non-ortho nitro benzene ring substituents is 1. The van der Waals surface area contributed by atoms with E-state index in [1.165, 1.54) is 23.9 Å². The Balaban J connectivity index is 1.47. The van der Waals surface area contributed by atoms with Gasteiger partial charge in [0.2, 0.25) is 0 Å². The number of ether oxygens (including phenoxy) is 1. The van der Waals surface area contributed by atoms with Gasteiger partial charge in [-0.15, -0.1) is 11.8 Å². The lowest BCUT2D eigenvalue weighted by molar-refractivity contribution is -0.384. The van der Waals surface area contributed by atoms with Crippen LogP contribution in [0.5, 0.6) is 5.75 Å². The lowest BCUT2D eigenvalue weighted by Crippen LogP contribution is -2.08. The summed E-state index contributed by atoms with van der Waals surface area (Å²) >= 11 is 1.46. The number of nitrogens with zero attached hydrogens (tertiary/aromatic N) is 1. The van der Waals surface area contributed by atoms with Crippen molar-refractivity contribution in [2.45, 2.75) is 11.3 Å². The fraction of sp³-hybridized carbons (Fsp3) is 0.0952. The summed E-state index contributed by atoms with van der Waals surface area (Å²) in [6.07, 6.45) is 0.252. The highest BCUT2D eigenvalue weighted by Gasteiger charge is 2.08. The zero-order chi connectivity index (χ0) is 19.1. The van der Waals surface area contributed by atoms with E-state index in [1.807, 2.05) is 42.5 Å². The van der Waals surface area contributed by atoms with Crippen LogP contribution in [0, 0.1) is 10.1 Å². The van der Waals surface area contributed by atoms with Crippen molar-refractivity contribution in [1.82, 2.24) is 0 Å². The van der Waals surface area contributed by atoms with Crippen molar-refractivity contribution in [3.63, 3.8) is 0 Å². The SMILES string of the molecule is O=C(CCSc1ccc([N+](=O)[O-])cc1)Oc1ccc(-c2ccccc2)cc1. The van der Waals surface area contributed by atoms with E-state index < -0.39 is 4.92 Å². The van der Waals surface area contributed by atoms with Crippen molar-refractivity contribution in [3.05, 3.63) is 89.0 Å². The first-order valence-corrected chi connectivity index (χ1v) is 9.34. The molecule has 3 rings (SSSR count). The maximum atomic E-state index is 12.0. The van der Waals surface area contributed by atoms with Gasteiger partial charge in [-0.25, -0.2) is 0 Å². The third-order valence-electron chi connectivity index (χ3n) is 3.82. The number of thioether (sulfide) groups is 1. The Kier molecular flexibility index (Phi) is 6.22. The molecule has 0 saturated heterocycles. The molecule has 136 valence electrons. The monoisotopic (exact) mass is 379 g/mol. The molecule has 3 aromatic rings. The third-order valence-corrected chi connectivity index (χ3v) is 4.83. The molecule has 0 aromatic heterocycles. The Labute approximate surface area is 161 Å². The Hall–Kier alpha value is -3.12. The molecule has 0 atom stereocenters. The molecule has 0 saturated carbocycles. The van der Waals surface area contributed by atoms with Gasteiger partial charge in [-0.2, -0.15) is 0 Å². The van der Waals surface area contributed by atoms with Gasteiger partial charge in [0.05, 0.1) is 11.3 Å². The van der Waals surface area contributed by atoms with Crippen molar-refractivity contribution in [3.8, 4) is 16.9 Å². The molecule has 0 bridgehead atoms. The highest BCUT2D eigenvalue weighted by atomic mass is 32.2. The number of carbonyl (C=O) groups is 1. The molecule has 0 aliphatic heterocycles. The molecule has 0 amide bonds. The zero-order valence-electron chi connectivity index (χ0n) is 14.4. The molecular weight excluding hydrogens is 362 g/mol. The van der Waals surface area contributed by atoms with Crippen LogP contribution >= 0.6 is 11.8 Å². The molecule has 0 spiro atoms. The van der Waals surface area contributed by atoms with Crippen molar-refractivity contribution in [1.29, 1.82) is 0 Å². The van der Waals surface area contributed by atoms with E-state index in [0.29, 0.717) is 11.5 Å². The minimum atomic E-state index is -0.436. The van der Waals surface area contributed by atoms with Crippen LogP contribution in [0.2, 0.25) is 0 Å². The maximum absolute atomic E-state index is 12.0. The van der Waals surface area contributed by atoms with Gasteiger partial charge in [0.25, 0.3) is 5.69 Å². The van der Waals surface area contributed by atoms with Gasteiger partial charge in [0.15, 0.2) is 0 Å². The fourth-order valence-electron chi connectivity index (χ4n) is 2.44. The first kappa shape index (κ1) is 18.7. The summed E-state index contributed by atoms with van der Waals surface area (Å²) in [7, 11) is 0. The maximum Gasteiger partial charge on any atom is 0.312 e. The van der Waals surface area contributed by atoms with Crippen molar-refractivity contribution in [2.24, 2.45) is 0 Å². The molecule has 6 heteroatoms. The highest BCUT2D eigenvalue weighted by Crippen LogP contribution is 2.24. The Morgan fingerprint density at radius 2 is 1.52 bits per heavy atom. The van der Waals surface area contributed by atoms with Crippen molar-refractivity contribution < 1.29 is 14.5 Å². The average Bonchev–Trinajstić information content (AvgIpc) is 2.69. The van der Waals surface area contributed by atoms with Crippen LogP contribution in [0.1, 0.15) is 6.42 Å². The molecule has 0 fully saturated rings. The summed E-state index contributed by atoms with van der Waals surface area (Å²) in [5, 5.41) is 10.6. The van der Waals surface area contributed by atoms with E-state index >= 15 is 0 Å². The third kappa shape index (κ3) is 5.43. The molecule has 3 aromatic carbocycles. The van der Waals surface area contributed by atoms with Gasteiger partial charge in [-0.3, -0.25) is 14.9 Å². The minimum Gasteiger partial charge on any atom is -0.427 e. The summed E-state index contributed by atoms with van der Waals surface area (Å²) < 4.78 is 5.35. The first-order valence-electron chi connectivity index (χ1n) is 8.35. The number of esters is 1. The number of rotatable bonds is 7. The van der Waals surface area contributed by atoms with E-state index in [4.69, 9.17) is 4.74 Å².